The van der Waals surface area contributed by atoms with Gasteiger partial charge in [0.2, 0.25) is 5.75 Å². The van der Waals surface area contributed by atoms with Gasteiger partial charge < -0.3 is 4.74 Å². The van der Waals surface area contributed by atoms with Crippen molar-refractivity contribution in [2.75, 3.05) is 0 Å². The Hall–Kier alpha value is -1.11. The van der Waals surface area contributed by atoms with E-state index in [9.17, 15) is 22.0 Å². The Balaban J connectivity index is 1.31. The zero-order valence-electron chi connectivity index (χ0n) is 20.6. The van der Waals surface area contributed by atoms with E-state index in [1.54, 1.807) is 18.1 Å². The van der Waals surface area contributed by atoms with Gasteiger partial charge in [-0.15, -0.1) is 13.2 Å². The molecule has 0 amide bonds. The summed E-state index contributed by atoms with van der Waals surface area (Å²) in [6, 6.07) is 6.61. The fourth-order valence-corrected chi connectivity index (χ4v) is 9.84. The normalized spacial score (nSPS) is 25.9. The van der Waals surface area contributed by atoms with Crippen LogP contribution in [0.2, 0.25) is 18.1 Å². The summed E-state index contributed by atoms with van der Waals surface area (Å²) < 4.78 is 68.0. The molecule has 2 aliphatic rings. The monoisotopic (exact) mass is 504 g/mol. The Bertz CT molecular complexity index is 714. The number of rotatable bonds is 11. The average molecular weight is 505 g/mol. The van der Waals surface area contributed by atoms with Crippen LogP contribution in [0.4, 0.5) is 22.0 Å². The number of benzene rings is 1. The van der Waals surface area contributed by atoms with Gasteiger partial charge in [0.1, 0.15) is 0 Å². The summed E-state index contributed by atoms with van der Waals surface area (Å²) in [6.07, 6.45) is 10.7. The smallest absolute Gasteiger partial charge is 0.399 e. The van der Waals surface area contributed by atoms with E-state index in [0.717, 1.165) is 49.1 Å². The largest absolute Gasteiger partial charge is 0.573 e. The van der Waals surface area contributed by atoms with Crippen LogP contribution in [0.25, 0.3) is 0 Å². The Morgan fingerprint density at radius 3 is 2.06 bits per heavy atom. The second-order valence-corrected chi connectivity index (χ2v) is 14.2. The van der Waals surface area contributed by atoms with Gasteiger partial charge in [0, 0.05) is 8.80 Å². The minimum absolute atomic E-state index is 0.377. The van der Waals surface area contributed by atoms with E-state index in [2.05, 4.69) is 11.7 Å². The van der Waals surface area contributed by atoms with Gasteiger partial charge in [-0.05, 0) is 61.1 Å². The van der Waals surface area contributed by atoms with Gasteiger partial charge >= 0.3 is 6.36 Å². The highest BCUT2D eigenvalue weighted by Gasteiger charge is 2.34. The number of alkyl halides is 3. The molecule has 0 radical (unpaired) electrons. The van der Waals surface area contributed by atoms with Gasteiger partial charge in [0.15, 0.2) is 11.6 Å². The van der Waals surface area contributed by atoms with Crippen molar-refractivity contribution in [3.8, 4) is 5.75 Å². The first-order chi connectivity index (χ1) is 16.2. The van der Waals surface area contributed by atoms with Crippen molar-refractivity contribution in [2.24, 2.45) is 17.8 Å². The van der Waals surface area contributed by atoms with Crippen molar-refractivity contribution in [1.82, 2.24) is 0 Å². The standard InChI is InChI=1S/C27H41F5OSi/c1-2-3-6-15-34-16-13-23(14-17-34)22-11-9-20(10-12-22)7-4-5-8-21-18-24(28)26(25(29)19-21)33-27(30,31)32/h18-20,22-23,34H,2-17H2,1H3/t20-,22-,23-,34-. The third-order valence-electron chi connectivity index (χ3n) is 8.27. The maximum Gasteiger partial charge on any atom is 0.573 e. The Morgan fingerprint density at radius 2 is 1.47 bits per heavy atom. The summed E-state index contributed by atoms with van der Waals surface area (Å²) in [5.41, 5.74) is 0.377. The lowest BCUT2D eigenvalue weighted by Gasteiger charge is -2.37. The van der Waals surface area contributed by atoms with Crippen LogP contribution in [-0.2, 0) is 6.42 Å². The summed E-state index contributed by atoms with van der Waals surface area (Å²) >= 11 is 0. The van der Waals surface area contributed by atoms with Crippen molar-refractivity contribution in [3.63, 3.8) is 0 Å². The molecule has 1 aliphatic heterocycles. The quantitative estimate of drug-likeness (QED) is 0.166. The number of hydrogen-bond acceptors (Lipinski definition) is 1. The lowest BCUT2D eigenvalue weighted by molar-refractivity contribution is -0.276. The van der Waals surface area contributed by atoms with E-state index < -0.39 is 32.5 Å². The van der Waals surface area contributed by atoms with Crippen molar-refractivity contribution in [3.05, 3.63) is 29.3 Å². The molecule has 1 aromatic rings. The molecule has 1 aromatic carbocycles. The second kappa shape index (κ2) is 13.3. The number of hydrogen-bond donors (Lipinski definition) is 0. The zero-order valence-corrected chi connectivity index (χ0v) is 21.7. The molecule has 1 saturated carbocycles. The third-order valence-corrected chi connectivity index (χ3v) is 11.8. The van der Waals surface area contributed by atoms with Crippen LogP contribution in [0.3, 0.4) is 0 Å². The molecule has 194 valence electrons. The molecule has 0 aromatic heterocycles. The molecule has 1 heterocycles. The highest BCUT2D eigenvalue weighted by molar-refractivity contribution is 6.58. The molecule has 0 unspecified atom stereocenters. The molecule has 0 spiro atoms. The van der Waals surface area contributed by atoms with E-state index in [1.807, 2.05) is 0 Å². The van der Waals surface area contributed by atoms with Crippen LogP contribution in [0.15, 0.2) is 12.1 Å². The Morgan fingerprint density at radius 1 is 0.853 bits per heavy atom. The highest BCUT2D eigenvalue weighted by atomic mass is 28.3. The van der Waals surface area contributed by atoms with Crippen LogP contribution in [0.1, 0.15) is 89.5 Å². The first-order valence-electron chi connectivity index (χ1n) is 13.5. The molecular formula is C27H41F5OSi. The van der Waals surface area contributed by atoms with Gasteiger partial charge in [-0.25, -0.2) is 8.78 Å². The van der Waals surface area contributed by atoms with E-state index in [1.165, 1.54) is 57.8 Å². The summed E-state index contributed by atoms with van der Waals surface area (Å²) in [5, 5.41) is 0. The van der Waals surface area contributed by atoms with Gasteiger partial charge in [-0.1, -0.05) is 82.8 Å². The van der Waals surface area contributed by atoms with Crippen LogP contribution >= 0.6 is 0 Å². The lowest BCUT2D eigenvalue weighted by atomic mass is 9.73. The molecule has 1 nitrogen and oxygen atoms in total. The fourth-order valence-electron chi connectivity index (χ4n) is 6.31. The molecule has 34 heavy (non-hydrogen) atoms. The molecule has 0 N–H and O–H groups in total. The summed E-state index contributed by atoms with van der Waals surface area (Å²) in [5.74, 6) is -1.35. The molecule has 3 rings (SSSR count). The first kappa shape index (κ1) is 27.5. The predicted octanol–water partition coefficient (Wildman–Crippen LogP) is 9.21. The predicted molar refractivity (Wildman–Crippen MR) is 130 cm³/mol. The lowest BCUT2D eigenvalue weighted by Crippen LogP contribution is -2.28. The van der Waals surface area contributed by atoms with Crippen LogP contribution in [0, 0.1) is 29.4 Å². The minimum atomic E-state index is -5.11. The SMILES string of the molecule is CCCCC[Si@H]1CC[C@H]([C@H]2CC[C@H](CCCCc3cc(F)c(OC(F)(F)F)c(F)c3)CC2)CC1. The summed E-state index contributed by atoms with van der Waals surface area (Å²) in [6.45, 7) is 2.29. The molecule has 0 bridgehead atoms. The van der Waals surface area contributed by atoms with Crippen LogP contribution in [-0.4, -0.2) is 15.2 Å². The molecule has 1 aliphatic carbocycles. The number of unbranched alkanes of at least 4 members (excludes halogenated alkanes) is 3. The van der Waals surface area contributed by atoms with Crippen molar-refractivity contribution >= 4 is 8.80 Å². The number of aryl methyl sites for hydroxylation is 1. The third kappa shape index (κ3) is 8.83. The second-order valence-electron chi connectivity index (χ2n) is 10.7. The summed E-state index contributed by atoms with van der Waals surface area (Å²) in [7, 11) is -0.431. The van der Waals surface area contributed by atoms with Crippen molar-refractivity contribution in [1.29, 1.82) is 0 Å². The number of ether oxygens (including phenoxy) is 1. The van der Waals surface area contributed by atoms with Crippen LogP contribution in [0.5, 0.6) is 5.75 Å². The topological polar surface area (TPSA) is 9.23 Å². The van der Waals surface area contributed by atoms with Crippen molar-refractivity contribution in [2.45, 2.75) is 115 Å². The maximum atomic E-state index is 13.9. The van der Waals surface area contributed by atoms with Gasteiger partial charge in [0.25, 0.3) is 0 Å². The molecule has 0 atom stereocenters. The number of halogens is 5. The van der Waals surface area contributed by atoms with Gasteiger partial charge in [0.05, 0.1) is 0 Å². The maximum absolute atomic E-state index is 13.9. The first-order valence-corrected chi connectivity index (χ1v) is 15.9. The Kier molecular flexibility index (Phi) is 10.7. The van der Waals surface area contributed by atoms with Crippen LogP contribution < -0.4 is 4.74 Å². The molecule has 7 heteroatoms. The zero-order chi connectivity index (χ0) is 24.6. The van der Waals surface area contributed by atoms with Gasteiger partial charge in [-0.2, -0.15) is 0 Å². The van der Waals surface area contributed by atoms with E-state index in [-0.39, 0.29) is 0 Å². The molecular weight excluding hydrogens is 463 g/mol. The molecule has 2 fully saturated rings. The average Bonchev–Trinajstić information content (AvgIpc) is 2.80. The Labute approximate surface area is 203 Å². The van der Waals surface area contributed by atoms with E-state index in [0.29, 0.717) is 12.0 Å². The highest BCUT2D eigenvalue weighted by Crippen LogP contribution is 2.42. The van der Waals surface area contributed by atoms with Gasteiger partial charge in [-0.3, -0.25) is 0 Å². The van der Waals surface area contributed by atoms with E-state index >= 15 is 0 Å². The minimum Gasteiger partial charge on any atom is -0.399 e. The van der Waals surface area contributed by atoms with Crippen molar-refractivity contribution < 1.29 is 26.7 Å². The fraction of sp³-hybridized carbons (Fsp3) is 0.778. The van der Waals surface area contributed by atoms with E-state index in [4.69, 9.17) is 0 Å². The molecule has 1 saturated heterocycles. The summed E-state index contributed by atoms with van der Waals surface area (Å²) in [4.78, 5) is 0.